The SMILES string of the molecule is [Cl][Zr]([Cl])([C]1(c2ccccc2)P=C(c2ccccc2)C(c2ccccc2)=C1c1ccccc1)[C]1(c2ccccc2)P=C(c2ccccc2)C(c2ccccc2)=C1c1ccccc1. The van der Waals surface area contributed by atoms with Crippen molar-refractivity contribution in [3.63, 3.8) is 0 Å². The molecule has 0 radical (unpaired) electrons. The van der Waals surface area contributed by atoms with E-state index in [0.29, 0.717) is 0 Å². The maximum atomic E-state index is 9.30. The van der Waals surface area contributed by atoms with Gasteiger partial charge in [-0.2, -0.15) is 0 Å². The summed E-state index contributed by atoms with van der Waals surface area (Å²) in [6, 6.07) is 87.5. The van der Waals surface area contributed by atoms with Gasteiger partial charge in [-0.1, -0.05) is 0 Å². The second-order valence-corrected chi connectivity index (χ2v) is 34.5. The summed E-state index contributed by atoms with van der Waals surface area (Å²) in [5, 5.41) is 2.46. The average molecular weight is 937 g/mol. The summed E-state index contributed by atoms with van der Waals surface area (Å²) in [7, 11) is 20.7. The third kappa shape index (κ3) is 6.79. The zero-order valence-electron chi connectivity index (χ0n) is 33.2. The van der Waals surface area contributed by atoms with Gasteiger partial charge in [-0.3, -0.25) is 0 Å². The summed E-state index contributed by atoms with van der Waals surface area (Å²) < 4.78 is -1.68. The molecule has 0 saturated carbocycles. The molecule has 2 atom stereocenters. The van der Waals surface area contributed by atoms with Crippen molar-refractivity contribution in [1.82, 2.24) is 0 Å². The summed E-state index contributed by atoms with van der Waals surface area (Å²) in [5.41, 5.74) is 14.0. The van der Waals surface area contributed by atoms with Crippen LogP contribution < -0.4 is 0 Å². The first-order chi connectivity index (χ1) is 30.0. The van der Waals surface area contributed by atoms with Crippen molar-refractivity contribution in [3.05, 3.63) is 287 Å². The van der Waals surface area contributed by atoms with Gasteiger partial charge in [0.05, 0.1) is 0 Å². The van der Waals surface area contributed by atoms with Crippen molar-refractivity contribution in [2.45, 2.75) is 5.73 Å². The molecule has 5 heteroatoms. The van der Waals surface area contributed by atoms with E-state index < -0.39 is 23.6 Å². The molecule has 0 nitrogen and oxygen atoms in total. The van der Waals surface area contributed by atoms with Crippen molar-refractivity contribution >= 4 is 66.3 Å². The zero-order chi connectivity index (χ0) is 41.3. The monoisotopic (exact) mass is 934 g/mol. The van der Waals surface area contributed by atoms with E-state index in [1.54, 1.807) is 0 Å². The molecule has 292 valence electrons. The number of benzene rings is 8. The van der Waals surface area contributed by atoms with Crippen LogP contribution in [0.2, 0.25) is 0 Å². The summed E-state index contributed by atoms with van der Waals surface area (Å²) in [6.45, 7) is 0. The van der Waals surface area contributed by atoms with Gasteiger partial charge in [0, 0.05) is 0 Å². The summed E-state index contributed by atoms with van der Waals surface area (Å²) >= 11 is -5.31. The summed E-state index contributed by atoms with van der Waals surface area (Å²) in [4.78, 5) is 0. The Morgan fingerprint density at radius 3 is 0.787 bits per heavy atom. The minimum absolute atomic E-state index is 0.840. The predicted molar refractivity (Wildman–Crippen MR) is 262 cm³/mol. The number of halogens is 2. The van der Waals surface area contributed by atoms with Gasteiger partial charge in [0.2, 0.25) is 0 Å². The topological polar surface area (TPSA) is 0 Å². The van der Waals surface area contributed by atoms with E-state index in [1.165, 1.54) is 44.0 Å². The summed E-state index contributed by atoms with van der Waals surface area (Å²) in [6.07, 6.45) is 0. The van der Waals surface area contributed by atoms with Crippen LogP contribution in [0, 0.1) is 0 Å². The fourth-order valence-electron chi connectivity index (χ4n) is 9.31. The van der Waals surface area contributed by atoms with Crippen molar-refractivity contribution < 1.29 is 17.9 Å². The number of hydrogen-bond donors (Lipinski definition) is 0. The van der Waals surface area contributed by atoms with Gasteiger partial charge in [0.1, 0.15) is 0 Å². The average Bonchev–Trinajstić information content (AvgIpc) is 3.91. The molecular formula is C56H40Cl2P2Zr. The standard InChI is InChI=1S/2C28H20P.2ClH.Zr/c2*1-5-13-21(14-6-1)25-26(22-15-7-2-8-16-22)28(24-19-11-4-12-20-24)29-27(25)23-17-9-3-10-18-23;;;/h2*1-20H;2*1H;/q;;;;+2/p-2. The van der Waals surface area contributed by atoms with E-state index in [1.807, 2.05) is 0 Å². The van der Waals surface area contributed by atoms with Crippen molar-refractivity contribution in [3.8, 4) is 0 Å². The van der Waals surface area contributed by atoms with Crippen LogP contribution in [0.4, 0.5) is 0 Å². The van der Waals surface area contributed by atoms with Crippen LogP contribution in [0.15, 0.2) is 243 Å². The van der Waals surface area contributed by atoms with Crippen LogP contribution >= 0.6 is 33.4 Å². The first kappa shape index (κ1) is 40.1. The maximum absolute atomic E-state index is 9.30. The molecule has 0 aromatic heterocycles. The van der Waals surface area contributed by atoms with Gasteiger partial charge in [0.15, 0.2) is 0 Å². The van der Waals surface area contributed by atoms with E-state index >= 15 is 0 Å². The van der Waals surface area contributed by atoms with Gasteiger partial charge in [0.25, 0.3) is 0 Å². The quantitative estimate of drug-likeness (QED) is 0.120. The van der Waals surface area contributed by atoms with Crippen LogP contribution in [0.25, 0.3) is 22.3 Å². The second-order valence-electron chi connectivity index (χ2n) is 15.3. The molecule has 2 aliphatic rings. The van der Waals surface area contributed by atoms with E-state index in [0.717, 1.165) is 49.8 Å². The van der Waals surface area contributed by atoms with Gasteiger partial charge in [-0.05, 0) is 0 Å². The normalized spacial score (nSPS) is 19.4. The fourth-order valence-corrected chi connectivity index (χ4v) is 33.6. The number of rotatable bonds is 10. The molecule has 0 spiro atoms. The van der Waals surface area contributed by atoms with Gasteiger partial charge < -0.3 is 0 Å². The molecule has 0 amide bonds. The molecule has 0 saturated heterocycles. The molecule has 8 aromatic carbocycles. The fraction of sp³-hybridized carbons (Fsp3) is 0.0357. The summed E-state index contributed by atoms with van der Waals surface area (Å²) in [5.74, 6) is 0. The van der Waals surface area contributed by atoms with Crippen LogP contribution in [-0.4, -0.2) is 10.6 Å². The third-order valence-corrected chi connectivity index (χ3v) is 37.5. The predicted octanol–water partition coefficient (Wildman–Crippen LogP) is 15.7. The Labute approximate surface area is 374 Å². The molecule has 8 aromatic rings. The second kappa shape index (κ2) is 17.1. The first-order valence-electron chi connectivity index (χ1n) is 20.6. The Kier molecular flexibility index (Phi) is 11.2. The van der Waals surface area contributed by atoms with Crippen molar-refractivity contribution in [1.29, 1.82) is 0 Å². The van der Waals surface area contributed by atoms with Crippen LogP contribution in [0.3, 0.4) is 0 Å². The molecule has 61 heavy (non-hydrogen) atoms. The number of hydrogen-bond acceptors (Lipinski definition) is 0. The molecule has 0 aliphatic carbocycles. The van der Waals surface area contributed by atoms with Gasteiger partial charge >= 0.3 is 377 Å². The van der Waals surface area contributed by atoms with Gasteiger partial charge in [-0.15, -0.1) is 0 Å². The van der Waals surface area contributed by atoms with E-state index in [2.05, 4.69) is 243 Å². The van der Waals surface area contributed by atoms with E-state index in [-0.39, 0.29) is 0 Å². The molecule has 0 N–H and O–H groups in total. The zero-order valence-corrected chi connectivity index (χ0v) is 39.0. The first-order valence-corrected chi connectivity index (χ1v) is 31.1. The minimum atomic E-state index is -5.31. The number of allylic oxidation sites excluding steroid dienone is 4. The Balaban J connectivity index is 1.44. The molecule has 2 unspecified atom stereocenters. The Hall–Kier alpha value is -4.96. The Morgan fingerprint density at radius 2 is 0.508 bits per heavy atom. The Bertz CT molecular complexity index is 2730. The molecule has 0 bridgehead atoms. The van der Waals surface area contributed by atoms with Crippen LogP contribution in [-0.2, 0) is 23.6 Å². The Morgan fingerprint density at radius 1 is 0.279 bits per heavy atom. The molecule has 10 rings (SSSR count). The van der Waals surface area contributed by atoms with E-state index in [9.17, 15) is 17.0 Å². The van der Waals surface area contributed by atoms with Crippen LogP contribution in [0.1, 0.15) is 44.5 Å². The van der Waals surface area contributed by atoms with Crippen molar-refractivity contribution in [2.75, 3.05) is 0 Å². The van der Waals surface area contributed by atoms with Crippen molar-refractivity contribution in [2.24, 2.45) is 0 Å². The molecule has 2 aliphatic heterocycles. The van der Waals surface area contributed by atoms with Crippen LogP contribution in [0.5, 0.6) is 0 Å². The molecule has 2 heterocycles. The van der Waals surface area contributed by atoms with E-state index in [4.69, 9.17) is 0 Å². The third-order valence-electron chi connectivity index (χ3n) is 11.9. The molecular weight excluding hydrogens is 897 g/mol. The molecule has 0 fully saturated rings. The van der Waals surface area contributed by atoms with Gasteiger partial charge in [-0.25, -0.2) is 0 Å².